The number of carbonyl (C=O) groups is 1. The zero-order valence-electron chi connectivity index (χ0n) is 8.32. The molecular formula is C12H14OS. The van der Waals surface area contributed by atoms with Crippen molar-refractivity contribution in [2.24, 2.45) is 0 Å². The van der Waals surface area contributed by atoms with E-state index in [0.29, 0.717) is 0 Å². The molecule has 0 spiro atoms. The second-order valence-corrected chi connectivity index (χ2v) is 4.15. The van der Waals surface area contributed by atoms with E-state index >= 15 is 0 Å². The van der Waals surface area contributed by atoms with Crippen LogP contribution in [0.1, 0.15) is 22.8 Å². The van der Waals surface area contributed by atoms with Crippen molar-refractivity contribution in [2.45, 2.75) is 13.3 Å². The van der Waals surface area contributed by atoms with Gasteiger partial charge in [-0.25, -0.2) is 0 Å². The predicted molar refractivity (Wildman–Crippen MR) is 62.8 cm³/mol. The molecule has 0 atom stereocenters. The summed E-state index contributed by atoms with van der Waals surface area (Å²) in [6.45, 7) is 5.66. The van der Waals surface area contributed by atoms with Crippen LogP contribution in [0.2, 0.25) is 0 Å². The van der Waals surface area contributed by atoms with Gasteiger partial charge in [0, 0.05) is 5.56 Å². The van der Waals surface area contributed by atoms with Gasteiger partial charge in [-0.1, -0.05) is 43.0 Å². The molecule has 0 unspecified atom stereocenters. The highest BCUT2D eigenvalue weighted by atomic mass is 32.2. The van der Waals surface area contributed by atoms with Crippen molar-refractivity contribution >= 4 is 16.9 Å². The molecule has 0 saturated carbocycles. The fraction of sp³-hybridized carbons (Fsp3) is 0.250. The van der Waals surface area contributed by atoms with Gasteiger partial charge in [0.15, 0.2) is 0 Å². The second-order valence-electron chi connectivity index (χ2n) is 2.91. The lowest BCUT2D eigenvalue weighted by molar-refractivity contribution is 0.108. The largest absolute Gasteiger partial charge is 0.282 e. The Morgan fingerprint density at radius 3 is 3.00 bits per heavy atom. The SMILES string of the molecule is C=CCc1cccc(C(=O)SCC)c1. The first kappa shape index (κ1) is 11.1. The minimum atomic E-state index is 0.151. The van der Waals surface area contributed by atoms with Crippen molar-refractivity contribution in [3.63, 3.8) is 0 Å². The van der Waals surface area contributed by atoms with Gasteiger partial charge in [0.25, 0.3) is 0 Å². The van der Waals surface area contributed by atoms with E-state index in [0.717, 1.165) is 23.3 Å². The summed E-state index contributed by atoms with van der Waals surface area (Å²) >= 11 is 1.35. The lowest BCUT2D eigenvalue weighted by Crippen LogP contribution is -1.94. The molecule has 0 bridgehead atoms. The van der Waals surface area contributed by atoms with Crippen LogP contribution in [-0.2, 0) is 6.42 Å². The Kier molecular flexibility index (Phi) is 4.47. The molecule has 0 radical (unpaired) electrons. The van der Waals surface area contributed by atoms with Crippen LogP contribution in [0.5, 0.6) is 0 Å². The van der Waals surface area contributed by atoms with Crippen LogP contribution in [0.4, 0.5) is 0 Å². The van der Waals surface area contributed by atoms with Crippen molar-refractivity contribution in [3.8, 4) is 0 Å². The van der Waals surface area contributed by atoms with Gasteiger partial charge in [-0.05, 0) is 23.8 Å². The molecule has 0 N–H and O–H groups in total. The summed E-state index contributed by atoms with van der Waals surface area (Å²) in [5.74, 6) is 0.824. The Balaban J connectivity index is 2.82. The lowest BCUT2D eigenvalue weighted by Gasteiger charge is -2.01. The highest BCUT2D eigenvalue weighted by molar-refractivity contribution is 8.14. The van der Waals surface area contributed by atoms with Crippen LogP contribution in [0.25, 0.3) is 0 Å². The van der Waals surface area contributed by atoms with Gasteiger partial charge in [0.2, 0.25) is 5.12 Å². The average Bonchev–Trinajstić information content (AvgIpc) is 2.19. The van der Waals surface area contributed by atoms with E-state index in [1.165, 1.54) is 11.8 Å². The van der Waals surface area contributed by atoms with Crippen molar-refractivity contribution in [3.05, 3.63) is 48.0 Å². The molecule has 0 aliphatic rings. The Bertz CT molecular complexity index is 331. The lowest BCUT2D eigenvalue weighted by atomic mass is 10.1. The molecule has 1 aromatic rings. The summed E-state index contributed by atoms with van der Waals surface area (Å²) in [6.07, 6.45) is 2.66. The standard InChI is InChI=1S/C12H14OS/c1-3-6-10-7-5-8-11(9-10)12(13)14-4-2/h3,5,7-9H,1,4,6H2,2H3. The summed E-state index contributed by atoms with van der Waals surface area (Å²) in [5.41, 5.74) is 1.93. The summed E-state index contributed by atoms with van der Waals surface area (Å²) in [6, 6.07) is 7.72. The van der Waals surface area contributed by atoms with Crippen molar-refractivity contribution < 1.29 is 4.79 Å². The molecule has 1 rings (SSSR count). The third-order valence-electron chi connectivity index (χ3n) is 1.82. The van der Waals surface area contributed by atoms with Crippen molar-refractivity contribution in [1.82, 2.24) is 0 Å². The van der Waals surface area contributed by atoms with E-state index in [1.54, 1.807) is 0 Å². The maximum Gasteiger partial charge on any atom is 0.219 e. The molecule has 1 nitrogen and oxygen atoms in total. The Labute approximate surface area is 89.2 Å². The predicted octanol–water partition coefficient (Wildman–Crippen LogP) is 3.31. The van der Waals surface area contributed by atoms with Gasteiger partial charge in [0.05, 0.1) is 0 Å². The van der Waals surface area contributed by atoms with Gasteiger partial charge in [-0.2, -0.15) is 0 Å². The van der Waals surface area contributed by atoms with Crippen LogP contribution in [0.15, 0.2) is 36.9 Å². The third-order valence-corrected chi connectivity index (χ3v) is 2.60. The van der Waals surface area contributed by atoms with E-state index in [4.69, 9.17) is 0 Å². The van der Waals surface area contributed by atoms with E-state index in [-0.39, 0.29) is 5.12 Å². The number of benzene rings is 1. The van der Waals surface area contributed by atoms with Gasteiger partial charge >= 0.3 is 0 Å². The number of rotatable bonds is 4. The van der Waals surface area contributed by atoms with E-state index in [2.05, 4.69) is 6.58 Å². The Hall–Kier alpha value is -1.02. The first-order chi connectivity index (χ1) is 6.77. The summed E-state index contributed by atoms with van der Waals surface area (Å²) in [4.78, 5) is 11.5. The Morgan fingerprint density at radius 2 is 2.36 bits per heavy atom. The number of allylic oxidation sites excluding steroid dienone is 1. The van der Waals surface area contributed by atoms with E-state index < -0.39 is 0 Å². The molecule has 0 saturated heterocycles. The van der Waals surface area contributed by atoms with Crippen LogP contribution in [0, 0.1) is 0 Å². The van der Waals surface area contributed by atoms with Crippen LogP contribution in [0.3, 0.4) is 0 Å². The summed E-state index contributed by atoms with van der Waals surface area (Å²) in [7, 11) is 0. The van der Waals surface area contributed by atoms with Gasteiger partial charge < -0.3 is 0 Å². The van der Waals surface area contributed by atoms with Gasteiger partial charge in [0.1, 0.15) is 0 Å². The quantitative estimate of drug-likeness (QED) is 0.703. The molecule has 0 aromatic heterocycles. The van der Waals surface area contributed by atoms with Crippen molar-refractivity contribution in [1.29, 1.82) is 0 Å². The molecule has 0 heterocycles. The Morgan fingerprint density at radius 1 is 1.57 bits per heavy atom. The molecule has 0 fully saturated rings. The molecule has 0 amide bonds. The molecule has 2 heteroatoms. The molecular weight excluding hydrogens is 192 g/mol. The monoisotopic (exact) mass is 206 g/mol. The highest BCUT2D eigenvalue weighted by Crippen LogP contribution is 2.14. The van der Waals surface area contributed by atoms with Crippen LogP contribution in [-0.4, -0.2) is 10.9 Å². The first-order valence-electron chi connectivity index (χ1n) is 4.65. The summed E-state index contributed by atoms with van der Waals surface area (Å²) in [5, 5.41) is 0.151. The molecule has 0 aliphatic carbocycles. The fourth-order valence-electron chi connectivity index (χ4n) is 1.21. The maximum absolute atomic E-state index is 11.5. The molecule has 0 aliphatic heterocycles. The molecule has 1 aromatic carbocycles. The van der Waals surface area contributed by atoms with Gasteiger partial charge in [-0.3, -0.25) is 4.79 Å². The third kappa shape index (κ3) is 3.04. The first-order valence-corrected chi connectivity index (χ1v) is 5.63. The van der Waals surface area contributed by atoms with Crippen LogP contribution >= 0.6 is 11.8 Å². The van der Waals surface area contributed by atoms with Gasteiger partial charge in [-0.15, -0.1) is 6.58 Å². The minimum absolute atomic E-state index is 0.151. The zero-order chi connectivity index (χ0) is 10.4. The molecule has 74 valence electrons. The van der Waals surface area contributed by atoms with E-state index in [1.807, 2.05) is 37.3 Å². The normalized spacial score (nSPS) is 9.79. The van der Waals surface area contributed by atoms with Crippen LogP contribution < -0.4 is 0 Å². The molecule has 14 heavy (non-hydrogen) atoms. The highest BCUT2D eigenvalue weighted by Gasteiger charge is 2.04. The number of hydrogen-bond donors (Lipinski definition) is 0. The zero-order valence-corrected chi connectivity index (χ0v) is 9.14. The maximum atomic E-state index is 11.5. The fourth-order valence-corrected chi connectivity index (χ4v) is 1.76. The number of carbonyl (C=O) groups excluding carboxylic acids is 1. The van der Waals surface area contributed by atoms with E-state index in [9.17, 15) is 4.79 Å². The average molecular weight is 206 g/mol. The summed E-state index contributed by atoms with van der Waals surface area (Å²) < 4.78 is 0. The minimum Gasteiger partial charge on any atom is -0.282 e. The topological polar surface area (TPSA) is 17.1 Å². The van der Waals surface area contributed by atoms with Crippen molar-refractivity contribution in [2.75, 3.05) is 5.75 Å². The second kappa shape index (κ2) is 5.66. The number of thioether (sulfide) groups is 1. The number of hydrogen-bond acceptors (Lipinski definition) is 2. The smallest absolute Gasteiger partial charge is 0.219 e.